The number of hydrogen-bond donors (Lipinski definition) is 2. The lowest BCUT2D eigenvalue weighted by Gasteiger charge is -2.21. The summed E-state index contributed by atoms with van der Waals surface area (Å²) in [6, 6.07) is 0. The molecule has 0 aromatic carbocycles. The molecule has 1 aromatic rings. The van der Waals surface area contributed by atoms with Gasteiger partial charge < -0.3 is 0 Å². The van der Waals surface area contributed by atoms with Crippen LogP contribution in [0.3, 0.4) is 0 Å². The van der Waals surface area contributed by atoms with Crippen LogP contribution in [0.5, 0.6) is 0 Å². The topological polar surface area (TPSA) is 74.8 Å². The summed E-state index contributed by atoms with van der Waals surface area (Å²) < 4.78 is 26.6. The molecule has 1 aliphatic heterocycles. The first-order valence-electron chi connectivity index (χ1n) is 5.71. The van der Waals surface area contributed by atoms with E-state index < -0.39 is 10.0 Å². The van der Waals surface area contributed by atoms with Crippen LogP contribution in [0.1, 0.15) is 25.0 Å². The van der Waals surface area contributed by atoms with Gasteiger partial charge in [-0.2, -0.15) is 16.9 Å². The van der Waals surface area contributed by atoms with Gasteiger partial charge in [0, 0.05) is 11.8 Å². The fourth-order valence-corrected chi connectivity index (χ4v) is 4.42. The molecule has 2 heterocycles. The first kappa shape index (κ1) is 12.9. The van der Waals surface area contributed by atoms with E-state index in [0.717, 1.165) is 12.2 Å². The number of sulfonamides is 1. The average Bonchev–Trinajstić information content (AvgIpc) is 2.75. The van der Waals surface area contributed by atoms with Crippen LogP contribution in [0.25, 0.3) is 0 Å². The van der Waals surface area contributed by atoms with E-state index in [9.17, 15) is 8.42 Å². The van der Waals surface area contributed by atoms with E-state index in [4.69, 9.17) is 0 Å². The highest BCUT2D eigenvalue weighted by Gasteiger charge is 2.21. The third-order valence-electron chi connectivity index (χ3n) is 2.85. The van der Waals surface area contributed by atoms with Crippen LogP contribution in [0.15, 0.2) is 11.1 Å². The zero-order chi connectivity index (χ0) is 12.3. The number of aromatic amines is 1. The summed E-state index contributed by atoms with van der Waals surface area (Å²) in [6.07, 6.45) is 4.89. The molecule has 0 amide bonds. The van der Waals surface area contributed by atoms with Crippen molar-refractivity contribution >= 4 is 21.8 Å². The molecule has 7 heteroatoms. The number of thioether (sulfide) groups is 1. The number of nitrogens with zero attached hydrogens (tertiary/aromatic N) is 1. The van der Waals surface area contributed by atoms with E-state index in [2.05, 4.69) is 14.9 Å². The summed E-state index contributed by atoms with van der Waals surface area (Å²) >= 11 is 1.85. The molecular formula is C10H17N3O2S2. The summed E-state index contributed by atoms with van der Waals surface area (Å²) in [5.74, 6) is 1.14. The Hall–Kier alpha value is -0.530. The van der Waals surface area contributed by atoms with Crippen molar-refractivity contribution in [3.8, 4) is 0 Å². The SMILES string of the molecule is Cc1[nH]ncc1S(=O)(=O)NCC1CCCCS1. The Balaban J connectivity index is 1.96. The normalized spacial score (nSPS) is 21.6. The van der Waals surface area contributed by atoms with Gasteiger partial charge in [0.1, 0.15) is 4.90 Å². The maximum Gasteiger partial charge on any atom is 0.243 e. The second kappa shape index (κ2) is 5.41. The molecule has 1 atom stereocenters. The lowest BCUT2D eigenvalue weighted by molar-refractivity contribution is 0.573. The van der Waals surface area contributed by atoms with Crippen LogP contribution in [0.2, 0.25) is 0 Å². The molecule has 1 unspecified atom stereocenters. The summed E-state index contributed by atoms with van der Waals surface area (Å²) in [6.45, 7) is 2.22. The fraction of sp³-hybridized carbons (Fsp3) is 0.700. The Morgan fingerprint density at radius 3 is 3.00 bits per heavy atom. The van der Waals surface area contributed by atoms with E-state index in [1.165, 1.54) is 19.0 Å². The largest absolute Gasteiger partial charge is 0.281 e. The van der Waals surface area contributed by atoms with E-state index in [0.29, 0.717) is 17.5 Å². The number of rotatable bonds is 4. The number of nitrogens with one attached hydrogen (secondary N) is 2. The smallest absolute Gasteiger partial charge is 0.243 e. The molecule has 1 aromatic heterocycles. The molecule has 0 radical (unpaired) electrons. The first-order chi connectivity index (χ1) is 8.09. The van der Waals surface area contributed by atoms with E-state index in [-0.39, 0.29) is 4.90 Å². The summed E-state index contributed by atoms with van der Waals surface area (Å²) in [4.78, 5) is 0.248. The highest BCUT2D eigenvalue weighted by Crippen LogP contribution is 2.24. The summed E-state index contributed by atoms with van der Waals surface area (Å²) in [5, 5.41) is 6.78. The lowest BCUT2D eigenvalue weighted by atomic mass is 10.2. The van der Waals surface area contributed by atoms with Gasteiger partial charge in [0.05, 0.1) is 11.9 Å². The molecule has 2 rings (SSSR count). The van der Waals surface area contributed by atoms with E-state index >= 15 is 0 Å². The van der Waals surface area contributed by atoms with Gasteiger partial charge in [0.15, 0.2) is 0 Å². The van der Waals surface area contributed by atoms with Gasteiger partial charge in [-0.15, -0.1) is 0 Å². The third kappa shape index (κ3) is 3.23. The van der Waals surface area contributed by atoms with Crippen LogP contribution in [-0.2, 0) is 10.0 Å². The highest BCUT2D eigenvalue weighted by atomic mass is 32.2. The van der Waals surface area contributed by atoms with Gasteiger partial charge in [-0.25, -0.2) is 13.1 Å². The van der Waals surface area contributed by atoms with Gasteiger partial charge >= 0.3 is 0 Å². The molecule has 17 heavy (non-hydrogen) atoms. The van der Waals surface area contributed by atoms with Crippen molar-refractivity contribution in [1.29, 1.82) is 0 Å². The Bertz CT molecular complexity index is 464. The third-order valence-corrected chi connectivity index (χ3v) is 5.78. The Kier molecular flexibility index (Phi) is 4.11. The maximum atomic E-state index is 12.0. The Morgan fingerprint density at radius 2 is 2.41 bits per heavy atom. The molecule has 5 nitrogen and oxygen atoms in total. The van der Waals surface area contributed by atoms with Crippen molar-refractivity contribution in [1.82, 2.24) is 14.9 Å². The average molecular weight is 275 g/mol. The molecule has 1 aliphatic rings. The number of aromatic nitrogens is 2. The number of hydrogen-bond acceptors (Lipinski definition) is 4. The number of aryl methyl sites for hydroxylation is 1. The van der Waals surface area contributed by atoms with Crippen molar-refractivity contribution in [2.24, 2.45) is 0 Å². The zero-order valence-corrected chi connectivity index (χ0v) is 11.4. The molecular weight excluding hydrogens is 258 g/mol. The first-order valence-corrected chi connectivity index (χ1v) is 8.24. The zero-order valence-electron chi connectivity index (χ0n) is 9.77. The predicted molar refractivity (Wildman–Crippen MR) is 68.6 cm³/mol. The van der Waals surface area contributed by atoms with Crippen molar-refractivity contribution in [2.75, 3.05) is 12.3 Å². The molecule has 1 saturated heterocycles. The second-order valence-corrected chi connectivity index (χ2v) is 7.34. The lowest BCUT2D eigenvalue weighted by Crippen LogP contribution is -2.32. The maximum absolute atomic E-state index is 12.0. The fourth-order valence-electron chi connectivity index (χ4n) is 1.86. The monoisotopic (exact) mass is 275 g/mol. The molecule has 2 N–H and O–H groups in total. The van der Waals surface area contributed by atoms with Crippen LogP contribution in [0, 0.1) is 6.92 Å². The van der Waals surface area contributed by atoms with Crippen molar-refractivity contribution in [2.45, 2.75) is 36.3 Å². The minimum Gasteiger partial charge on any atom is -0.281 e. The Labute approximate surface area is 106 Å². The minimum absolute atomic E-state index is 0.248. The van der Waals surface area contributed by atoms with Crippen LogP contribution < -0.4 is 4.72 Å². The predicted octanol–water partition coefficient (Wildman–Crippen LogP) is 1.28. The van der Waals surface area contributed by atoms with Crippen LogP contribution in [0.4, 0.5) is 0 Å². The van der Waals surface area contributed by atoms with Crippen molar-refractivity contribution in [3.05, 3.63) is 11.9 Å². The molecule has 0 saturated carbocycles. The molecule has 0 aliphatic carbocycles. The van der Waals surface area contributed by atoms with E-state index in [1.54, 1.807) is 6.92 Å². The van der Waals surface area contributed by atoms with Gasteiger partial charge in [0.25, 0.3) is 0 Å². The van der Waals surface area contributed by atoms with Gasteiger partial charge in [-0.3, -0.25) is 5.10 Å². The second-order valence-electron chi connectivity index (χ2n) is 4.20. The molecule has 1 fully saturated rings. The summed E-state index contributed by atoms with van der Waals surface area (Å²) in [7, 11) is -3.40. The highest BCUT2D eigenvalue weighted by molar-refractivity contribution is 8.00. The van der Waals surface area contributed by atoms with Crippen molar-refractivity contribution in [3.63, 3.8) is 0 Å². The Morgan fingerprint density at radius 1 is 1.59 bits per heavy atom. The van der Waals surface area contributed by atoms with Crippen molar-refractivity contribution < 1.29 is 8.42 Å². The number of H-pyrrole nitrogens is 1. The standard InChI is InChI=1S/C10H17N3O2S2/c1-8-10(7-11-13-8)17(14,15)12-6-9-4-2-3-5-16-9/h7,9,12H,2-6H2,1H3,(H,11,13). The van der Waals surface area contributed by atoms with Gasteiger partial charge in [-0.1, -0.05) is 6.42 Å². The quantitative estimate of drug-likeness (QED) is 0.868. The van der Waals surface area contributed by atoms with Gasteiger partial charge in [0.2, 0.25) is 10.0 Å². The van der Waals surface area contributed by atoms with Crippen LogP contribution >= 0.6 is 11.8 Å². The molecule has 0 bridgehead atoms. The van der Waals surface area contributed by atoms with Crippen LogP contribution in [-0.4, -0.2) is 36.2 Å². The molecule has 0 spiro atoms. The molecule has 96 valence electrons. The van der Waals surface area contributed by atoms with Gasteiger partial charge in [-0.05, 0) is 25.5 Å². The summed E-state index contributed by atoms with van der Waals surface area (Å²) in [5.41, 5.74) is 0.578. The van der Waals surface area contributed by atoms with E-state index in [1.807, 2.05) is 11.8 Å². The minimum atomic E-state index is -3.40.